The molecule has 0 atom stereocenters. The monoisotopic (exact) mass is 363 g/mol. The quantitative estimate of drug-likeness (QED) is 0.774. The van der Waals surface area contributed by atoms with E-state index in [4.69, 9.17) is 0 Å². The van der Waals surface area contributed by atoms with Crippen molar-refractivity contribution in [1.29, 1.82) is 0 Å². The van der Waals surface area contributed by atoms with E-state index in [0.717, 1.165) is 16.6 Å². The van der Waals surface area contributed by atoms with Gasteiger partial charge in [-0.2, -0.15) is 5.10 Å². The lowest BCUT2D eigenvalue weighted by Crippen LogP contribution is -2.38. The fraction of sp³-hybridized carbons (Fsp3) is 0.300. The molecule has 138 valence electrons. The summed E-state index contributed by atoms with van der Waals surface area (Å²) in [4.78, 5) is 31.3. The zero-order chi connectivity index (χ0) is 19.0. The van der Waals surface area contributed by atoms with Crippen LogP contribution in [0.1, 0.15) is 40.5 Å². The predicted octanol–water partition coefficient (Wildman–Crippen LogP) is 2.23. The minimum absolute atomic E-state index is 0.0493. The Kier molecular flexibility index (Phi) is 4.35. The normalized spacial score (nSPS) is 13.7. The number of pyridine rings is 1. The molecule has 3 heterocycles. The van der Waals surface area contributed by atoms with Gasteiger partial charge in [0.2, 0.25) is 0 Å². The Labute approximate surface area is 157 Å². The van der Waals surface area contributed by atoms with Crippen LogP contribution < -0.4 is 5.32 Å². The van der Waals surface area contributed by atoms with E-state index in [1.54, 1.807) is 21.7 Å². The van der Waals surface area contributed by atoms with E-state index in [9.17, 15) is 9.59 Å². The number of nitrogens with one attached hydrogen (secondary N) is 1. The van der Waals surface area contributed by atoms with Crippen molar-refractivity contribution in [3.63, 3.8) is 0 Å². The first-order chi connectivity index (χ1) is 13.0. The highest BCUT2D eigenvalue weighted by molar-refractivity contribution is 5.95. The SMILES string of the molecule is CC(C)NC(=O)c1cc2n(n1)CCN(C(=O)c1ccc3ccccc3n1)C2. The topological polar surface area (TPSA) is 80.1 Å². The van der Waals surface area contributed by atoms with Crippen LogP contribution in [-0.2, 0) is 13.1 Å². The molecule has 0 spiro atoms. The molecule has 0 radical (unpaired) electrons. The number of aromatic nitrogens is 3. The summed E-state index contributed by atoms with van der Waals surface area (Å²) < 4.78 is 1.80. The highest BCUT2D eigenvalue weighted by Crippen LogP contribution is 2.18. The molecule has 27 heavy (non-hydrogen) atoms. The van der Waals surface area contributed by atoms with E-state index in [1.807, 2.05) is 44.2 Å². The van der Waals surface area contributed by atoms with E-state index >= 15 is 0 Å². The fourth-order valence-corrected chi connectivity index (χ4v) is 3.23. The van der Waals surface area contributed by atoms with Crippen molar-refractivity contribution in [2.75, 3.05) is 6.54 Å². The van der Waals surface area contributed by atoms with Crippen LogP contribution in [0.5, 0.6) is 0 Å². The van der Waals surface area contributed by atoms with Crippen LogP contribution in [0.2, 0.25) is 0 Å². The molecule has 4 rings (SSSR count). The minimum Gasteiger partial charge on any atom is -0.348 e. The van der Waals surface area contributed by atoms with Crippen molar-refractivity contribution in [2.24, 2.45) is 0 Å². The van der Waals surface area contributed by atoms with Crippen molar-refractivity contribution < 1.29 is 9.59 Å². The number of rotatable bonds is 3. The van der Waals surface area contributed by atoms with Crippen LogP contribution in [0.3, 0.4) is 0 Å². The number of nitrogens with zero attached hydrogens (tertiary/aromatic N) is 4. The Morgan fingerprint density at radius 1 is 1.07 bits per heavy atom. The lowest BCUT2D eigenvalue weighted by atomic mass is 10.2. The van der Waals surface area contributed by atoms with Crippen LogP contribution >= 0.6 is 0 Å². The summed E-state index contributed by atoms with van der Waals surface area (Å²) in [6.07, 6.45) is 0. The summed E-state index contributed by atoms with van der Waals surface area (Å²) in [5.74, 6) is -0.303. The van der Waals surface area contributed by atoms with Crippen molar-refractivity contribution in [3.8, 4) is 0 Å². The number of fused-ring (bicyclic) bond motifs is 2. The smallest absolute Gasteiger partial charge is 0.272 e. The fourth-order valence-electron chi connectivity index (χ4n) is 3.23. The zero-order valence-corrected chi connectivity index (χ0v) is 15.3. The van der Waals surface area contributed by atoms with Gasteiger partial charge in [-0.15, -0.1) is 0 Å². The van der Waals surface area contributed by atoms with E-state index in [-0.39, 0.29) is 17.9 Å². The Balaban J connectivity index is 1.54. The molecule has 2 amide bonds. The third kappa shape index (κ3) is 3.40. The van der Waals surface area contributed by atoms with Crippen molar-refractivity contribution in [2.45, 2.75) is 33.0 Å². The average Bonchev–Trinajstić information content (AvgIpc) is 3.10. The molecule has 1 aliphatic rings. The molecule has 0 aliphatic carbocycles. The summed E-state index contributed by atoms with van der Waals surface area (Å²) >= 11 is 0. The Hall–Kier alpha value is -3.22. The van der Waals surface area contributed by atoms with Crippen LogP contribution in [0, 0.1) is 0 Å². The lowest BCUT2D eigenvalue weighted by Gasteiger charge is -2.27. The molecule has 3 aromatic rings. The summed E-state index contributed by atoms with van der Waals surface area (Å²) in [6.45, 7) is 5.32. The first-order valence-electron chi connectivity index (χ1n) is 9.04. The van der Waals surface area contributed by atoms with Crippen molar-refractivity contribution in [3.05, 3.63) is 59.5 Å². The third-order valence-corrected chi connectivity index (χ3v) is 4.56. The van der Waals surface area contributed by atoms with Crippen LogP contribution in [-0.4, -0.2) is 44.1 Å². The molecule has 0 saturated carbocycles. The molecular weight excluding hydrogens is 342 g/mol. The maximum Gasteiger partial charge on any atom is 0.272 e. The van der Waals surface area contributed by atoms with Crippen molar-refractivity contribution in [1.82, 2.24) is 25.0 Å². The first-order valence-corrected chi connectivity index (χ1v) is 9.04. The van der Waals surface area contributed by atoms with Gasteiger partial charge in [-0.3, -0.25) is 14.3 Å². The Morgan fingerprint density at radius 3 is 2.70 bits per heavy atom. The van der Waals surface area contributed by atoms with Gasteiger partial charge in [0.1, 0.15) is 5.69 Å². The van der Waals surface area contributed by atoms with Gasteiger partial charge in [-0.1, -0.05) is 24.3 Å². The molecule has 1 aliphatic heterocycles. The Morgan fingerprint density at radius 2 is 1.89 bits per heavy atom. The first kappa shape index (κ1) is 17.2. The number of amides is 2. The van der Waals surface area contributed by atoms with Crippen LogP contribution in [0.4, 0.5) is 0 Å². The second-order valence-corrected chi connectivity index (χ2v) is 6.99. The number of carbonyl (C=O) groups is 2. The van der Waals surface area contributed by atoms with Gasteiger partial charge in [0.15, 0.2) is 5.69 Å². The van der Waals surface area contributed by atoms with Gasteiger partial charge in [0, 0.05) is 18.0 Å². The molecule has 7 heteroatoms. The van der Waals surface area contributed by atoms with Gasteiger partial charge in [0.25, 0.3) is 11.8 Å². The van der Waals surface area contributed by atoms with E-state index < -0.39 is 0 Å². The molecule has 1 N–H and O–H groups in total. The molecule has 1 aromatic carbocycles. The highest BCUT2D eigenvalue weighted by Gasteiger charge is 2.25. The number of hydrogen-bond donors (Lipinski definition) is 1. The number of para-hydroxylation sites is 1. The number of carbonyl (C=O) groups excluding carboxylic acids is 2. The van der Waals surface area contributed by atoms with Gasteiger partial charge < -0.3 is 10.2 Å². The number of hydrogen-bond acceptors (Lipinski definition) is 4. The summed E-state index contributed by atoms with van der Waals surface area (Å²) in [5, 5.41) is 8.21. The molecule has 7 nitrogen and oxygen atoms in total. The third-order valence-electron chi connectivity index (χ3n) is 4.56. The zero-order valence-electron chi connectivity index (χ0n) is 15.3. The van der Waals surface area contributed by atoms with Gasteiger partial charge in [-0.25, -0.2) is 4.98 Å². The largest absolute Gasteiger partial charge is 0.348 e. The van der Waals surface area contributed by atoms with Gasteiger partial charge in [-0.05, 0) is 32.0 Å². The second kappa shape index (κ2) is 6.83. The van der Waals surface area contributed by atoms with Gasteiger partial charge in [0.05, 0.1) is 24.3 Å². The maximum absolute atomic E-state index is 12.9. The summed E-state index contributed by atoms with van der Waals surface area (Å²) in [6, 6.07) is 13.2. The maximum atomic E-state index is 12.9. The van der Waals surface area contributed by atoms with E-state index in [2.05, 4.69) is 15.4 Å². The van der Waals surface area contributed by atoms with E-state index in [0.29, 0.717) is 31.0 Å². The second-order valence-electron chi connectivity index (χ2n) is 6.99. The predicted molar refractivity (Wildman–Crippen MR) is 101 cm³/mol. The van der Waals surface area contributed by atoms with E-state index in [1.165, 1.54) is 0 Å². The van der Waals surface area contributed by atoms with Gasteiger partial charge >= 0.3 is 0 Å². The van der Waals surface area contributed by atoms with Crippen LogP contribution in [0.25, 0.3) is 10.9 Å². The minimum atomic E-state index is -0.194. The molecule has 2 aromatic heterocycles. The molecule has 0 unspecified atom stereocenters. The average molecular weight is 363 g/mol. The Bertz CT molecular complexity index is 1020. The summed E-state index contributed by atoms with van der Waals surface area (Å²) in [7, 11) is 0. The standard InChI is InChI=1S/C20H21N5O2/c1-13(2)21-19(26)18-11-15-12-24(9-10-25(15)23-18)20(27)17-8-7-14-5-3-4-6-16(14)22-17/h3-8,11,13H,9-10,12H2,1-2H3,(H,21,26). The molecule has 0 bridgehead atoms. The number of benzene rings is 1. The molecule has 0 fully saturated rings. The molecule has 0 saturated heterocycles. The summed E-state index contributed by atoms with van der Waals surface area (Å²) in [5.41, 5.74) is 2.47. The highest BCUT2D eigenvalue weighted by atomic mass is 16.2. The van der Waals surface area contributed by atoms with Crippen molar-refractivity contribution >= 4 is 22.7 Å². The lowest BCUT2D eigenvalue weighted by molar-refractivity contribution is 0.0699. The molecular formula is C20H21N5O2. The van der Waals surface area contributed by atoms with Crippen LogP contribution in [0.15, 0.2) is 42.5 Å².